The Morgan fingerprint density at radius 3 is 2.28 bits per heavy atom. The van der Waals surface area contributed by atoms with E-state index in [1.165, 1.54) is 0 Å². The van der Waals surface area contributed by atoms with Crippen molar-refractivity contribution in [2.45, 2.75) is 52.7 Å². The Bertz CT molecular complexity index is 286. The molecule has 106 valence electrons. The summed E-state index contributed by atoms with van der Waals surface area (Å²) in [6.07, 6.45) is 0.896. The number of hydrogen-bond acceptors (Lipinski definition) is 4. The van der Waals surface area contributed by atoms with Gasteiger partial charge in [-0.3, -0.25) is 4.79 Å². The van der Waals surface area contributed by atoms with Crippen LogP contribution in [0.2, 0.25) is 0 Å². The summed E-state index contributed by atoms with van der Waals surface area (Å²) >= 11 is 0. The molecule has 0 aromatic rings. The van der Waals surface area contributed by atoms with Gasteiger partial charge in [0.15, 0.2) is 0 Å². The molecule has 4 atom stereocenters. The minimum absolute atomic E-state index is 0.0403. The molecule has 1 N–H and O–H groups in total. The van der Waals surface area contributed by atoms with Gasteiger partial charge in [-0.05, 0) is 32.1 Å². The van der Waals surface area contributed by atoms with Crippen molar-refractivity contribution in [3.8, 4) is 0 Å². The zero-order chi connectivity index (χ0) is 13.9. The van der Waals surface area contributed by atoms with E-state index in [2.05, 4.69) is 13.8 Å². The molecule has 0 aliphatic heterocycles. The van der Waals surface area contributed by atoms with Crippen LogP contribution < -0.4 is 0 Å². The molecule has 4 heteroatoms. The molecule has 1 aliphatic rings. The Balaban J connectivity index is 2.85. The van der Waals surface area contributed by atoms with E-state index in [0.29, 0.717) is 6.61 Å². The molecule has 1 saturated carbocycles. The maximum atomic E-state index is 12.0. The number of hydrogen-bond donors (Lipinski definition) is 1. The fraction of sp³-hybridized carbons (Fsp3) is 0.929. The molecule has 0 heterocycles. The van der Waals surface area contributed by atoms with Gasteiger partial charge in [0.1, 0.15) is 0 Å². The summed E-state index contributed by atoms with van der Waals surface area (Å²) in [4.78, 5) is 12.0. The van der Waals surface area contributed by atoms with Crippen LogP contribution in [-0.4, -0.2) is 37.0 Å². The van der Waals surface area contributed by atoms with Gasteiger partial charge in [-0.2, -0.15) is 0 Å². The van der Waals surface area contributed by atoms with Crippen molar-refractivity contribution < 1.29 is 19.4 Å². The summed E-state index contributed by atoms with van der Waals surface area (Å²) in [6, 6.07) is 0. The van der Waals surface area contributed by atoms with E-state index in [0.717, 1.165) is 12.8 Å². The Labute approximate surface area is 110 Å². The van der Waals surface area contributed by atoms with Gasteiger partial charge < -0.3 is 14.6 Å². The van der Waals surface area contributed by atoms with Crippen LogP contribution in [0.3, 0.4) is 0 Å². The lowest BCUT2D eigenvalue weighted by atomic mass is 9.92. The molecule has 1 aliphatic carbocycles. The highest BCUT2D eigenvalue weighted by atomic mass is 16.5. The third kappa shape index (κ3) is 2.41. The minimum atomic E-state index is -0.607. The van der Waals surface area contributed by atoms with Gasteiger partial charge in [0, 0.05) is 13.0 Å². The predicted octanol–water partition coefficient (Wildman–Crippen LogP) is 2.00. The first-order chi connectivity index (χ1) is 8.49. The predicted molar refractivity (Wildman–Crippen MR) is 69.1 cm³/mol. The summed E-state index contributed by atoms with van der Waals surface area (Å²) in [6.45, 7) is 8.17. The fourth-order valence-electron chi connectivity index (χ4n) is 3.27. The van der Waals surface area contributed by atoms with Crippen molar-refractivity contribution >= 4 is 5.97 Å². The molecule has 18 heavy (non-hydrogen) atoms. The Hall–Kier alpha value is -0.610. The van der Waals surface area contributed by atoms with Crippen molar-refractivity contribution in [3.63, 3.8) is 0 Å². The molecule has 0 spiro atoms. The fourth-order valence-corrected chi connectivity index (χ4v) is 3.27. The molecule has 1 fully saturated rings. The number of rotatable bonds is 7. The lowest BCUT2D eigenvalue weighted by molar-refractivity contribution is -0.146. The number of methoxy groups -OCH3 is 1. The van der Waals surface area contributed by atoms with Crippen LogP contribution >= 0.6 is 0 Å². The number of esters is 1. The van der Waals surface area contributed by atoms with Crippen molar-refractivity contribution in [2.24, 2.45) is 17.3 Å². The summed E-state index contributed by atoms with van der Waals surface area (Å²) < 4.78 is 10.3. The van der Waals surface area contributed by atoms with Crippen molar-refractivity contribution in [1.82, 2.24) is 0 Å². The zero-order valence-corrected chi connectivity index (χ0v) is 12.1. The monoisotopic (exact) mass is 258 g/mol. The van der Waals surface area contributed by atoms with Crippen LogP contribution in [0.5, 0.6) is 0 Å². The zero-order valence-electron chi connectivity index (χ0n) is 12.1. The van der Waals surface area contributed by atoms with E-state index in [-0.39, 0.29) is 29.3 Å². The molecular formula is C14H26O4. The molecule has 0 aromatic heterocycles. The van der Waals surface area contributed by atoms with Crippen LogP contribution in [0, 0.1) is 17.3 Å². The molecule has 4 unspecified atom stereocenters. The lowest BCUT2D eigenvalue weighted by Crippen LogP contribution is -2.29. The first-order valence-corrected chi connectivity index (χ1v) is 6.87. The number of aliphatic hydroxyl groups is 1. The maximum absolute atomic E-state index is 12.0. The van der Waals surface area contributed by atoms with E-state index in [9.17, 15) is 9.90 Å². The molecule has 0 saturated heterocycles. The second-order valence-electron chi connectivity index (χ2n) is 5.13. The molecular weight excluding hydrogens is 232 g/mol. The van der Waals surface area contributed by atoms with Gasteiger partial charge in [0.25, 0.3) is 0 Å². The smallest absolute Gasteiger partial charge is 0.309 e. The van der Waals surface area contributed by atoms with E-state index < -0.39 is 6.10 Å². The topological polar surface area (TPSA) is 55.8 Å². The van der Waals surface area contributed by atoms with Crippen molar-refractivity contribution in [3.05, 3.63) is 0 Å². The summed E-state index contributed by atoms with van der Waals surface area (Å²) in [7, 11) is 1.58. The van der Waals surface area contributed by atoms with Crippen LogP contribution in [0.25, 0.3) is 0 Å². The normalized spacial score (nSPS) is 28.6. The number of aliphatic hydroxyl groups excluding tert-OH is 1. The van der Waals surface area contributed by atoms with Crippen molar-refractivity contribution in [1.29, 1.82) is 0 Å². The SMILES string of the molecule is CCOC(=O)C1C(C(O)C(C)OC)C1(CC)CC. The third-order valence-corrected chi connectivity index (χ3v) is 4.61. The molecule has 0 bridgehead atoms. The molecule has 0 radical (unpaired) electrons. The van der Waals surface area contributed by atoms with Gasteiger partial charge in [0.2, 0.25) is 0 Å². The van der Waals surface area contributed by atoms with Gasteiger partial charge in [-0.15, -0.1) is 0 Å². The number of ether oxygens (including phenoxy) is 2. The minimum Gasteiger partial charge on any atom is -0.466 e. The lowest BCUT2D eigenvalue weighted by Gasteiger charge is -2.20. The van der Waals surface area contributed by atoms with Gasteiger partial charge in [0.05, 0.1) is 24.7 Å². The third-order valence-electron chi connectivity index (χ3n) is 4.61. The molecule has 0 amide bonds. The van der Waals surface area contributed by atoms with Crippen LogP contribution in [0.4, 0.5) is 0 Å². The highest BCUT2D eigenvalue weighted by Crippen LogP contribution is 2.65. The summed E-state index contributed by atoms with van der Waals surface area (Å²) in [5, 5.41) is 10.3. The number of carbonyl (C=O) groups is 1. The molecule has 0 aromatic carbocycles. The Morgan fingerprint density at radius 1 is 1.33 bits per heavy atom. The second kappa shape index (κ2) is 6.02. The number of carbonyl (C=O) groups excluding carboxylic acids is 1. The van der Waals surface area contributed by atoms with E-state index >= 15 is 0 Å². The van der Waals surface area contributed by atoms with Crippen LogP contribution in [-0.2, 0) is 14.3 Å². The van der Waals surface area contributed by atoms with Crippen LogP contribution in [0.15, 0.2) is 0 Å². The van der Waals surface area contributed by atoms with Gasteiger partial charge in [-0.25, -0.2) is 0 Å². The molecule has 4 nitrogen and oxygen atoms in total. The average molecular weight is 258 g/mol. The first-order valence-electron chi connectivity index (χ1n) is 6.87. The van der Waals surface area contributed by atoms with E-state index in [4.69, 9.17) is 9.47 Å². The van der Waals surface area contributed by atoms with Crippen LogP contribution in [0.1, 0.15) is 40.5 Å². The first kappa shape index (κ1) is 15.4. The quantitative estimate of drug-likeness (QED) is 0.710. The maximum Gasteiger partial charge on any atom is 0.309 e. The Morgan fingerprint density at radius 2 is 1.89 bits per heavy atom. The molecule has 1 rings (SSSR count). The Kier molecular flexibility index (Phi) is 5.17. The summed E-state index contributed by atoms with van der Waals surface area (Å²) in [5.41, 5.74) is -0.113. The average Bonchev–Trinajstić information content (AvgIpc) is 3.06. The highest BCUT2D eigenvalue weighted by molar-refractivity contribution is 5.78. The van der Waals surface area contributed by atoms with E-state index in [1.807, 2.05) is 13.8 Å². The van der Waals surface area contributed by atoms with Crippen molar-refractivity contribution in [2.75, 3.05) is 13.7 Å². The van der Waals surface area contributed by atoms with Gasteiger partial charge in [-0.1, -0.05) is 13.8 Å². The standard InChI is InChI=1S/C14H26O4/c1-6-14(7-2)10(12(15)9(4)17-5)11(14)13(16)18-8-3/h9-12,15H,6-8H2,1-5H3. The highest BCUT2D eigenvalue weighted by Gasteiger charge is 2.69. The largest absolute Gasteiger partial charge is 0.466 e. The second-order valence-corrected chi connectivity index (χ2v) is 5.13. The van der Waals surface area contributed by atoms with E-state index in [1.54, 1.807) is 7.11 Å². The van der Waals surface area contributed by atoms with Gasteiger partial charge >= 0.3 is 5.97 Å². The summed E-state index contributed by atoms with van der Waals surface area (Å²) in [5.74, 6) is -0.393.